The van der Waals surface area contributed by atoms with E-state index in [9.17, 15) is 8.42 Å². The molecule has 0 amide bonds. The highest BCUT2D eigenvalue weighted by Crippen LogP contribution is 2.15. The van der Waals surface area contributed by atoms with E-state index in [0.717, 1.165) is 4.47 Å². The van der Waals surface area contributed by atoms with Gasteiger partial charge in [0.15, 0.2) is 0 Å². The number of benzene rings is 1. The first kappa shape index (κ1) is 11.6. The van der Waals surface area contributed by atoms with Crippen molar-refractivity contribution >= 4 is 26.0 Å². The second-order valence-corrected chi connectivity index (χ2v) is 5.52. The standard InChI is InChI=1S/C8H11BrN2O2S/c1-11(2)10-14(12,13)8-5-3-4-7(9)6-8/h3-6,10H,1-2H3. The Morgan fingerprint density at radius 3 is 2.50 bits per heavy atom. The Kier molecular flexibility index (Phi) is 3.65. The Labute approximate surface area is 92.1 Å². The molecule has 0 radical (unpaired) electrons. The van der Waals surface area contributed by atoms with E-state index < -0.39 is 10.0 Å². The lowest BCUT2D eigenvalue weighted by molar-refractivity contribution is 0.364. The molecule has 1 aromatic carbocycles. The van der Waals surface area contributed by atoms with Crippen LogP contribution in [0.4, 0.5) is 0 Å². The summed E-state index contributed by atoms with van der Waals surface area (Å²) < 4.78 is 24.0. The summed E-state index contributed by atoms with van der Waals surface area (Å²) in [6.07, 6.45) is 0. The first-order valence-corrected chi connectivity index (χ1v) is 6.15. The number of hydrogen-bond acceptors (Lipinski definition) is 3. The smallest absolute Gasteiger partial charge is 0.237 e. The molecule has 0 saturated heterocycles. The number of halogens is 1. The van der Waals surface area contributed by atoms with Crippen LogP contribution in [0.25, 0.3) is 0 Å². The van der Waals surface area contributed by atoms with Gasteiger partial charge in [0.2, 0.25) is 0 Å². The molecule has 6 heteroatoms. The van der Waals surface area contributed by atoms with Crippen LogP contribution in [0.3, 0.4) is 0 Å². The van der Waals surface area contributed by atoms with E-state index in [2.05, 4.69) is 20.8 Å². The van der Waals surface area contributed by atoms with E-state index in [1.165, 1.54) is 11.1 Å². The largest absolute Gasteiger partial charge is 0.253 e. The normalized spacial score (nSPS) is 12.0. The van der Waals surface area contributed by atoms with E-state index in [0.29, 0.717) is 0 Å². The molecule has 0 bridgehead atoms. The second kappa shape index (κ2) is 4.39. The minimum absolute atomic E-state index is 0.237. The second-order valence-electron chi connectivity index (χ2n) is 2.95. The van der Waals surface area contributed by atoms with Gasteiger partial charge in [0.05, 0.1) is 4.90 Å². The summed E-state index contributed by atoms with van der Waals surface area (Å²) in [5, 5.41) is 1.39. The molecule has 0 atom stereocenters. The van der Waals surface area contributed by atoms with Crippen LogP contribution in [0, 0.1) is 0 Å². The highest BCUT2D eigenvalue weighted by Gasteiger charge is 2.14. The minimum Gasteiger partial charge on any atom is -0.237 e. The molecule has 78 valence electrons. The first-order chi connectivity index (χ1) is 6.42. The van der Waals surface area contributed by atoms with Crippen LogP contribution in [0.15, 0.2) is 33.6 Å². The Morgan fingerprint density at radius 1 is 1.36 bits per heavy atom. The van der Waals surface area contributed by atoms with Crippen LogP contribution in [0.2, 0.25) is 0 Å². The number of sulfonamides is 1. The zero-order chi connectivity index (χ0) is 10.8. The van der Waals surface area contributed by atoms with Gasteiger partial charge in [-0.25, -0.2) is 13.4 Å². The monoisotopic (exact) mass is 278 g/mol. The van der Waals surface area contributed by atoms with E-state index in [1.54, 1.807) is 32.3 Å². The number of hydrogen-bond donors (Lipinski definition) is 1. The third-order valence-corrected chi connectivity index (χ3v) is 3.38. The molecule has 0 aliphatic rings. The first-order valence-electron chi connectivity index (χ1n) is 3.87. The SMILES string of the molecule is CN(C)NS(=O)(=O)c1cccc(Br)c1. The molecule has 0 aromatic heterocycles. The maximum atomic E-state index is 11.6. The van der Waals surface area contributed by atoms with Gasteiger partial charge in [0.1, 0.15) is 0 Å². The third-order valence-electron chi connectivity index (χ3n) is 1.41. The van der Waals surface area contributed by atoms with Crippen LogP contribution in [0.1, 0.15) is 0 Å². The van der Waals surface area contributed by atoms with Gasteiger partial charge >= 0.3 is 0 Å². The molecular formula is C8H11BrN2O2S. The molecular weight excluding hydrogens is 268 g/mol. The number of hydrazine groups is 1. The van der Waals surface area contributed by atoms with Gasteiger partial charge in [-0.15, -0.1) is 4.83 Å². The van der Waals surface area contributed by atoms with Gasteiger partial charge in [-0.05, 0) is 18.2 Å². The predicted octanol–water partition coefficient (Wildman–Crippen LogP) is 1.20. The average molecular weight is 279 g/mol. The van der Waals surface area contributed by atoms with Crippen molar-refractivity contribution in [2.45, 2.75) is 4.90 Å². The lowest BCUT2D eigenvalue weighted by Gasteiger charge is -2.12. The molecule has 1 N–H and O–H groups in total. The van der Waals surface area contributed by atoms with Gasteiger partial charge in [-0.1, -0.05) is 22.0 Å². The fraction of sp³-hybridized carbons (Fsp3) is 0.250. The molecule has 4 nitrogen and oxygen atoms in total. The molecule has 1 aromatic rings. The summed E-state index contributed by atoms with van der Waals surface area (Å²) in [5.74, 6) is 0. The molecule has 0 heterocycles. The summed E-state index contributed by atoms with van der Waals surface area (Å²) in [6, 6.07) is 6.53. The summed E-state index contributed by atoms with van der Waals surface area (Å²) in [5.41, 5.74) is 0. The van der Waals surface area contributed by atoms with E-state index >= 15 is 0 Å². The minimum atomic E-state index is -3.44. The van der Waals surface area contributed by atoms with Gasteiger partial charge in [0.25, 0.3) is 10.0 Å². The van der Waals surface area contributed by atoms with Crippen LogP contribution in [-0.4, -0.2) is 27.5 Å². The maximum Gasteiger partial charge on any atom is 0.253 e. The molecule has 14 heavy (non-hydrogen) atoms. The van der Waals surface area contributed by atoms with Crippen molar-refractivity contribution in [2.75, 3.05) is 14.1 Å². The Hall–Kier alpha value is -0.430. The molecule has 0 unspecified atom stereocenters. The Morgan fingerprint density at radius 2 is 2.00 bits per heavy atom. The molecule has 0 spiro atoms. The van der Waals surface area contributed by atoms with Crippen LogP contribution < -0.4 is 4.83 Å². The summed E-state index contributed by atoms with van der Waals surface area (Å²) >= 11 is 3.21. The zero-order valence-electron chi connectivity index (χ0n) is 7.86. The number of nitrogens with one attached hydrogen (secondary N) is 1. The summed E-state index contributed by atoms with van der Waals surface area (Å²) in [7, 11) is -0.195. The highest BCUT2D eigenvalue weighted by atomic mass is 79.9. The highest BCUT2D eigenvalue weighted by molar-refractivity contribution is 9.10. The number of nitrogens with zero attached hydrogens (tertiary/aromatic N) is 1. The summed E-state index contributed by atoms with van der Waals surface area (Å²) in [6.45, 7) is 0. The van der Waals surface area contributed by atoms with Gasteiger partial charge in [-0.2, -0.15) is 0 Å². The van der Waals surface area contributed by atoms with Crippen molar-refractivity contribution in [3.8, 4) is 0 Å². The van der Waals surface area contributed by atoms with E-state index in [1.807, 2.05) is 0 Å². The average Bonchev–Trinajstić information content (AvgIpc) is 2.01. The molecule has 0 saturated carbocycles. The maximum absolute atomic E-state index is 11.6. The zero-order valence-corrected chi connectivity index (χ0v) is 10.3. The van der Waals surface area contributed by atoms with E-state index in [4.69, 9.17) is 0 Å². The van der Waals surface area contributed by atoms with E-state index in [-0.39, 0.29) is 4.90 Å². The van der Waals surface area contributed by atoms with Crippen molar-refractivity contribution in [2.24, 2.45) is 0 Å². The van der Waals surface area contributed by atoms with Gasteiger partial charge in [-0.3, -0.25) is 0 Å². The van der Waals surface area contributed by atoms with Crippen molar-refractivity contribution < 1.29 is 8.42 Å². The fourth-order valence-electron chi connectivity index (χ4n) is 0.927. The number of rotatable bonds is 3. The Balaban J connectivity index is 3.05. The summed E-state index contributed by atoms with van der Waals surface area (Å²) in [4.78, 5) is 2.58. The predicted molar refractivity (Wildman–Crippen MR) is 58.2 cm³/mol. The van der Waals surface area contributed by atoms with Crippen LogP contribution in [0.5, 0.6) is 0 Å². The quantitative estimate of drug-likeness (QED) is 0.846. The molecule has 0 aliphatic heterocycles. The molecule has 0 fully saturated rings. The topological polar surface area (TPSA) is 49.4 Å². The van der Waals surface area contributed by atoms with Crippen molar-refractivity contribution in [1.29, 1.82) is 0 Å². The fourth-order valence-corrected chi connectivity index (χ4v) is 2.60. The van der Waals surface area contributed by atoms with Gasteiger partial charge < -0.3 is 0 Å². The van der Waals surface area contributed by atoms with Crippen molar-refractivity contribution in [1.82, 2.24) is 9.84 Å². The molecule has 1 rings (SSSR count). The van der Waals surface area contributed by atoms with Crippen LogP contribution >= 0.6 is 15.9 Å². The van der Waals surface area contributed by atoms with Gasteiger partial charge in [0, 0.05) is 18.6 Å². The molecule has 0 aliphatic carbocycles. The van der Waals surface area contributed by atoms with Crippen LogP contribution in [-0.2, 0) is 10.0 Å². The third kappa shape index (κ3) is 3.06. The van der Waals surface area contributed by atoms with Crippen molar-refractivity contribution in [3.05, 3.63) is 28.7 Å². The Bertz CT molecular complexity index is 417. The lowest BCUT2D eigenvalue weighted by Crippen LogP contribution is -2.36. The lowest BCUT2D eigenvalue weighted by atomic mass is 10.4. The van der Waals surface area contributed by atoms with Crippen molar-refractivity contribution in [3.63, 3.8) is 0 Å².